The number of rotatable bonds is 2. The largest absolute Gasteiger partial charge is 0.0713 e. The molecule has 2 heteroatoms. The highest BCUT2D eigenvalue weighted by molar-refractivity contribution is 14.1. The second-order valence-corrected chi connectivity index (χ2v) is 9.35. The molecule has 0 aliphatic heterocycles. The Morgan fingerprint density at radius 1 is 0.444 bits per heavy atom. The predicted molar refractivity (Wildman–Crippen MR) is 129 cm³/mol. The molecule has 0 spiro atoms. The fraction of sp³-hybridized carbons (Fsp3) is 0.0400. The number of hydrogen-bond acceptors (Lipinski definition) is 0. The summed E-state index contributed by atoms with van der Waals surface area (Å²) in [4.78, 5) is 0. The summed E-state index contributed by atoms with van der Waals surface area (Å²) in [6, 6.07) is 35.8. The fourth-order valence-electron chi connectivity index (χ4n) is 4.42. The van der Waals surface area contributed by atoms with E-state index >= 15 is 0 Å². The molecule has 4 aromatic rings. The molecule has 1 aliphatic carbocycles. The first-order chi connectivity index (χ1) is 13.2. The van der Waals surface area contributed by atoms with Gasteiger partial charge < -0.3 is 0 Å². The monoisotopic (exact) mass is 570 g/mol. The van der Waals surface area contributed by atoms with E-state index in [9.17, 15) is 0 Å². The van der Waals surface area contributed by atoms with Gasteiger partial charge in [0, 0.05) is 7.14 Å². The number of benzene rings is 4. The van der Waals surface area contributed by atoms with Crippen molar-refractivity contribution in [2.45, 2.75) is 5.41 Å². The molecular formula is C25H16I2. The minimum absolute atomic E-state index is 0.276. The first-order valence-corrected chi connectivity index (χ1v) is 11.1. The normalized spacial score (nSPS) is 13.9. The summed E-state index contributed by atoms with van der Waals surface area (Å²) in [5.74, 6) is 0. The van der Waals surface area contributed by atoms with E-state index in [1.165, 1.54) is 40.5 Å². The molecule has 4 aromatic carbocycles. The van der Waals surface area contributed by atoms with Gasteiger partial charge in [0.2, 0.25) is 0 Å². The minimum Gasteiger partial charge on any atom is -0.0619 e. The fourth-order valence-corrected chi connectivity index (χ4v) is 5.14. The van der Waals surface area contributed by atoms with E-state index in [2.05, 4.69) is 142 Å². The van der Waals surface area contributed by atoms with Gasteiger partial charge >= 0.3 is 0 Å². The van der Waals surface area contributed by atoms with Gasteiger partial charge in [-0.15, -0.1) is 0 Å². The molecule has 0 saturated heterocycles. The first kappa shape index (κ1) is 17.4. The van der Waals surface area contributed by atoms with Crippen LogP contribution in [-0.2, 0) is 5.41 Å². The molecular weight excluding hydrogens is 554 g/mol. The van der Waals surface area contributed by atoms with E-state index in [1.54, 1.807) is 0 Å². The van der Waals surface area contributed by atoms with Gasteiger partial charge in [-0.2, -0.15) is 0 Å². The number of hydrogen-bond donors (Lipinski definition) is 0. The Balaban J connectivity index is 1.94. The second kappa shape index (κ2) is 6.74. The highest BCUT2D eigenvalue weighted by atomic mass is 127. The van der Waals surface area contributed by atoms with Gasteiger partial charge in [0.05, 0.1) is 5.41 Å². The molecule has 0 atom stereocenters. The molecule has 0 N–H and O–H groups in total. The van der Waals surface area contributed by atoms with Crippen LogP contribution in [0.25, 0.3) is 11.1 Å². The molecule has 0 fully saturated rings. The Bertz CT molecular complexity index is 1030. The van der Waals surface area contributed by atoms with Crippen LogP contribution in [0, 0.1) is 7.14 Å². The van der Waals surface area contributed by atoms with Crippen LogP contribution in [0.5, 0.6) is 0 Å². The van der Waals surface area contributed by atoms with Gasteiger partial charge in [0.1, 0.15) is 0 Å². The van der Waals surface area contributed by atoms with Crippen molar-refractivity contribution in [2.24, 2.45) is 0 Å². The van der Waals surface area contributed by atoms with Crippen LogP contribution in [0.1, 0.15) is 22.3 Å². The standard InChI is InChI=1S/C25H16I2/c26-19-13-9-17(10-14-19)25(18-11-15-20(27)16-12-18)23-7-3-1-5-21(23)22-6-2-4-8-24(22)25/h1-16H. The summed E-state index contributed by atoms with van der Waals surface area (Å²) in [6.45, 7) is 0. The second-order valence-electron chi connectivity index (χ2n) is 6.85. The van der Waals surface area contributed by atoms with Gasteiger partial charge in [0.25, 0.3) is 0 Å². The van der Waals surface area contributed by atoms with Crippen molar-refractivity contribution >= 4 is 45.2 Å². The lowest BCUT2D eigenvalue weighted by molar-refractivity contribution is 0.768. The summed E-state index contributed by atoms with van der Waals surface area (Å²) in [7, 11) is 0. The number of halogens is 2. The van der Waals surface area contributed by atoms with Crippen LogP contribution < -0.4 is 0 Å². The molecule has 130 valence electrons. The summed E-state index contributed by atoms with van der Waals surface area (Å²) >= 11 is 4.77. The van der Waals surface area contributed by atoms with Gasteiger partial charge in [-0.25, -0.2) is 0 Å². The Kier molecular flexibility index (Phi) is 4.36. The Morgan fingerprint density at radius 2 is 0.815 bits per heavy atom. The zero-order valence-electron chi connectivity index (χ0n) is 14.5. The van der Waals surface area contributed by atoms with Crippen LogP contribution in [0.4, 0.5) is 0 Å². The molecule has 0 radical (unpaired) electrons. The number of fused-ring (bicyclic) bond motifs is 3. The van der Waals surface area contributed by atoms with Crippen molar-refractivity contribution in [1.29, 1.82) is 0 Å². The van der Waals surface area contributed by atoms with E-state index in [0.717, 1.165) is 0 Å². The van der Waals surface area contributed by atoms with E-state index in [1.807, 2.05) is 0 Å². The van der Waals surface area contributed by atoms with Gasteiger partial charge in [-0.05, 0) is 103 Å². The highest BCUT2D eigenvalue weighted by Gasteiger charge is 2.45. The third-order valence-corrected chi connectivity index (χ3v) is 6.95. The van der Waals surface area contributed by atoms with Crippen molar-refractivity contribution in [1.82, 2.24) is 0 Å². The third kappa shape index (κ3) is 2.60. The molecule has 5 rings (SSSR count). The lowest BCUT2D eigenvalue weighted by atomic mass is 9.68. The van der Waals surface area contributed by atoms with Crippen molar-refractivity contribution < 1.29 is 0 Å². The lowest BCUT2D eigenvalue weighted by Crippen LogP contribution is -2.28. The van der Waals surface area contributed by atoms with Crippen molar-refractivity contribution in [3.63, 3.8) is 0 Å². The Morgan fingerprint density at radius 3 is 1.22 bits per heavy atom. The van der Waals surface area contributed by atoms with E-state index in [-0.39, 0.29) is 5.41 Å². The third-order valence-electron chi connectivity index (χ3n) is 5.51. The van der Waals surface area contributed by atoms with Crippen LogP contribution in [0.3, 0.4) is 0 Å². The zero-order valence-corrected chi connectivity index (χ0v) is 18.8. The maximum atomic E-state index is 2.38. The van der Waals surface area contributed by atoms with Gasteiger partial charge in [-0.1, -0.05) is 72.8 Å². The summed E-state index contributed by atoms with van der Waals surface area (Å²) in [6.07, 6.45) is 0. The Labute approximate surface area is 186 Å². The van der Waals surface area contributed by atoms with Gasteiger partial charge in [0.15, 0.2) is 0 Å². The topological polar surface area (TPSA) is 0 Å². The lowest BCUT2D eigenvalue weighted by Gasteiger charge is -2.34. The van der Waals surface area contributed by atoms with E-state index in [0.29, 0.717) is 0 Å². The van der Waals surface area contributed by atoms with Crippen molar-refractivity contribution in [2.75, 3.05) is 0 Å². The van der Waals surface area contributed by atoms with Crippen LogP contribution in [-0.4, -0.2) is 0 Å². The zero-order chi connectivity index (χ0) is 18.4. The van der Waals surface area contributed by atoms with Crippen molar-refractivity contribution in [3.8, 4) is 11.1 Å². The molecule has 0 aromatic heterocycles. The summed E-state index contributed by atoms with van der Waals surface area (Å²) in [5, 5.41) is 0. The SMILES string of the molecule is Ic1ccc(C2(c3ccc(I)cc3)c3ccccc3-c3ccccc32)cc1. The summed E-state index contributed by atoms with van der Waals surface area (Å²) < 4.78 is 2.52. The molecule has 1 aliphatic rings. The van der Waals surface area contributed by atoms with E-state index < -0.39 is 0 Å². The Hall–Kier alpha value is -1.66. The molecule has 0 unspecified atom stereocenters. The average Bonchev–Trinajstić information content (AvgIpc) is 3.01. The van der Waals surface area contributed by atoms with Crippen molar-refractivity contribution in [3.05, 3.63) is 126 Å². The molecule has 27 heavy (non-hydrogen) atoms. The maximum absolute atomic E-state index is 2.38. The molecule has 0 saturated carbocycles. The van der Waals surface area contributed by atoms with Gasteiger partial charge in [-0.3, -0.25) is 0 Å². The first-order valence-electron chi connectivity index (χ1n) is 8.93. The highest BCUT2D eigenvalue weighted by Crippen LogP contribution is 2.55. The minimum atomic E-state index is -0.276. The van der Waals surface area contributed by atoms with E-state index in [4.69, 9.17) is 0 Å². The molecule has 0 amide bonds. The summed E-state index contributed by atoms with van der Waals surface area (Å²) in [5.41, 5.74) is 7.78. The average molecular weight is 570 g/mol. The van der Waals surface area contributed by atoms with Crippen LogP contribution >= 0.6 is 45.2 Å². The van der Waals surface area contributed by atoms with Crippen LogP contribution in [0.2, 0.25) is 0 Å². The quantitative estimate of drug-likeness (QED) is 0.196. The molecule has 0 heterocycles. The molecule has 0 bridgehead atoms. The predicted octanol–water partition coefficient (Wildman–Crippen LogP) is 7.26. The smallest absolute Gasteiger partial charge is 0.0619 e. The van der Waals surface area contributed by atoms with Crippen LogP contribution in [0.15, 0.2) is 97.1 Å². The maximum Gasteiger partial charge on any atom is 0.0713 e. The molecule has 0 nitrogen and oxygen atoms in total.